The van der Waals surface area contributed by atoms with Crippen LogP contribution in [-0.2, 0) is 28.3 Å². The summed E-state index contributed by atoms with van der Waals surface area (Å²) in [5.41, 5.74) is 1.66. The molecule has 4 rings (SSSR count). The first kappa shape index (κ1) is 21.6. The highest BCUT2D eigenvalue weighted by atomic mass is 32.2. The van der Waals surface area contributed by atoms with Gasteiger partial charge in [-0.05, 0) is 61.2 Å². The standard InChI is InChI=1S/C22H24N4O3S2/c1-26-15-14-23-22(26)30-19-9-7-17(8-10-19)24-21(27)13-4-16-2-11-20(12-3-16)31(28,29)25-18-5-6-18/h2-3,7-12,14-15,18,25H,4-6,13H2,1H3,(H,24,27). The summed E-state index contributed by atoms with van der Waals surface area (Å²) in [4.78, 5) is 17.9. The Kier molecular flexibility index (Phi) is 6.45. The molecule has 0 spiro atoms. The van der Waals surface area contributed by atoms with E-state index in [2.05, 4.69) is 15.0 Å². The van der Waals surface area contributed by atoms with Crippen LogP contribution >= 0.6 is 11.8 Å². The Bertz CT molecular complexity index is 1150. The third-order valence-electron chi connectivity index (χ3n) is 4.90. The van der Waals surface area contributed by atoms with Crippen LogP contribution in [0.2, 0.25) is 0 Å². The molecule has 0 unspecified atom stereocenters. The Labute approximate surface area is 186 Å². The fourth-order valence-corrected chi connectivity index (χ4v) is 5.07. The highest BCUT2D eigenvalue weighted by Gasteiger charge is 2.27. The number of rotatable bonds is 9. The maximum Gasteiger partial charge on any atom is 0.240 e. The van der Waals surface area contributed by atoms with Gasteiger partial charge < -0.3 is 9.88 Å². The van der Waals surface area contributed by atoms with Crippen LogP contribution in [0.25, 0.3) is 0 Å². The van der Waals surface area contributed by atoms with Gasteiger partial charge in [0.2, 0.25) is 15.9 Å². The van der Waals surface area contributed by atoms with Crippen molar-refractivity contribution in [2.45, 2.75) is 46.7 Å². The fraction of sp³-hybridized carbons (Fsp3) is 0.273. The second kappa shape index (κ2) is 9.25. The molecule has 7 nitrogen and oxygen atoms in total. The lowest BCUT2D eigenvalue weighted by Crippen LogP contribution is -2.25. The first-order valence-electron chi connectivity index (χ1n) is 10.1. The predicted octanol–water partition coefficient (Wildman–Crippen LogP) is 3.58. The van der Waals surface area contributed by atoms with Crippen molar-refractivity contribution >= 4 is 33.4 Å². The van der Waals surface area contributed by atoms with E-state index in [4.69, 9.17) is 0 Å². The van der Waals surface area contributed by atoms with E-state index in [1.807, 2.05) is 42.1 Å². The van der Waals surface area contributed by atoms with Crippen LogP contribution in [0.4, 0.5) is 5.69 Å². The van der Waals surface area contributed by atoms with Crippen molar-refractivity contribution in [2.75, 3.05) is 5.32 Å². The van der Waals surface area contributed by atoms with Gasteiger partial charge >= 0.3 is 0 Å². The highest BCUT2D eigenvalue weighted by molar-refractivity contribution is 7.99. The van der Waals surface area contributed by atoms with E-state index in [0.29, 0.717) is 12.8 Å². The van der Waals surface area contributed by atoms with Crippen molar-refractivity contribution in [2.24, 2.45) is 7.05 Å². The minimum atomic E-state index is -3.44. The topological polar surface area (TPSA) is 93.1 Å². The van der Waals surface area contributed by atoms with Gasteiger partial charge in [0.15, 0.2) is 5.16 Å². The van der Waals surface area contributed by atoms with Crippen molar-refractivity contribution in [3.63, 3.8) is 0 Å². The van der Waals surface area contributed by atoms with Gasteiger partial charge in [0.1, 0.15) is 0 Å². The normalized spacial score (nSPS) is 13.8. The molecule has 1 amide bonds. The molecule has 31 heavy (non-hydrogen) atoms. The molecule has 1 aliphatic carbocycles. The van der Waals surface area contributed by atoms with Crippen LogP contribution in [0.5, 0.6) is 0 Å². The Balaban J connectivity index is 1.26. The number of nitrogens with zero attached hydrogens (tertiary/aromatic N) is 2. The van der Waals surface area contributed by atoms with Crippen LogP contribution in [0.15, 0.2) is 75.9 Å². The number of benzene rings is 2. The zero-order valence-electron chi connectivity index (χ0n) is 17.1. The number of carbonyl (C=O) groups is 1. The number of aryl methyl sites for hydroxylation is 2. The van der Waals surface area contributed by atoms with Crippen molar-refractivity contribution in [1.29, 1.82) is 0 Å². The molecular formula is C22H24N4O3S2. The summed E-state index contributed by atoms with van der Waals surface area (Å²) in [6, 6.07) is 14.4. The van der Waals surface area contributed by atoms with Gasteiger partial charge in [-0.25, -0.2) is 18.1 Å². The Morgan fingerprint density at radius 3 is 2.45 bits per heavy atom. The molecule has 0 atom stereocenters. The summed E-state index contributed by atoms with van der Waals surface area (Å²) in [6.07, 6.45) is 6.31. The van der Waals surface area contributed by atoms with Gasteiger partial charge in [0.25, 0.3) is 0 Å². The van der Waals surface area contributed by atoms with Crippen LogP contribution in [0, 0.1) is 0 Å². The molecule has 2 aromatic carbocycles. The summed E-state index contributed by atoms with van der Waals surface area (Å²) in [5, 5.41) is 3.80. The average Bonchev–Trinajstić information content (AvgIpc) is 3.47. The maximum absolute atomic E-state index is 12.3. The van der Waals surface area contributed by atoms with Crippen molar-refractivity contribution in [3.05, 3.63) is 66.5 Å². The maximum atomic E-state index is 12.3. The Morgan fingerprint density at radius 1 is 1.13 bits per heavy atom. The van der Waals surface area contributed by atoms with E-state index in [1.54, 1.807) is 42.2 Å². The molecule has 2 N–H and O–H groups in total. The summed E-state index contributed by atoms with van der Waals surface area (Å²) in [6.45, 7) is 0. The fourth-order valence-electron chi connectivity index (χ4n) is 2.97. The van der Waals surface area contributed by atoms with Gasteiger partial charge in [-0.2, -0.15) is 0 Å². The number of hydrogen-bond acceptors (Lipinski definition) is 5. The molecule has 1 aliphatic rings. The first-order valence-corrected chi connectivity index (χ1v) is 12.4. The van der Waals surface area contributed by atoms with E-state index in [1.165, 1.54) is 0 Å². The largest absolute Gasteiger partial charge is 0.329 e. The second-order valence-electron chi connectivity index (χ2n) is 7.53. The molecular weight excluding hydrogens is 432 g/mol. The summed E-state index contributed by atoms with van der Waals surface area (Å²) >= 11 is 1.56. The number of aromatic nitrogens is 2. The molecule has 1 saturated carbocycles. The van der Waals surface area contributed by atoms with E-state index in [0.717, 1.165) is 34.1 Å². The third kappa shape index (κ3) is 5.96. The van der Waals surface area contributed by atoms with Crippen molar-refractivity contribution in [1.82, 2.24) is 14.3 Å². The summed E-state index contributed by atoms with van der Waals surface area (Å²) < 4.78 is 29.0. The lowest BCUT2D eigenvalue weighted by Gasteiger charge is -2.08. The van der Waals surface area contributed by atoms with Gasteiger partial charge in [-0.1, -0.05) is 23.9 Å². The van der Waals surface area contributed by atoms with Gasteiger partial charge in [-0.3, -0.25) is 4.79 Å². The van der Waals surface area contributed by atoms with Crippen molar-refractivity contribution in [3.8, 4) is 0 Å². The van der Waals surface area contributed by atoms with Gasteiger partial charge in [0, 0.05) is 42.5 Å². The third-order valence-corrected chi connectivity index (χ3v) is 7.52. The number of hydrogen-bond donors (Lipinski definition) is 2. The quantitative estimate of drug-likeness (QED) is 0.513. The lowest BCUT2D eigenvalue weighted by molar-refractivity contribution is -0.116. The molecule has 1 heterocycles. The number of amides is 1. The highest BCUT2D eigenvalue weighted by Crippen LogP contribution is 2.27. The molecule has 0 saturated heterocycles. The zero-order valence-corrected chi connectivity index (χ0v) is 18.7. The molecule has 9 heteroatoms. The molecule has 0 bridgehead atoms. The molecule has 1 aromatic heterocycles. The minimum absolute atomic E-state index is 0.0795. The molecule has 162 valence electrons. The van der Waals surface area contributed by atoms with Crippen LogP contribution in [0.3, 0.4) is 0 Å². The van der Waals surface area contributed by atoms with Crippen LogP contribution < -0.4 is 10.0 Å². The first-order chi connectivity index (χ1) is 14.9. The predicted molar refractivity (Wildman–Crippen MR) is 121 cm³/mol. The summed E-state index contributed by atoms with van der Waals surface area (Å²) in [5.74, 6) is -0.0865. The lowest BCUT2D eigenvalue weighted by atomic mass is 10.1. The van der Waals surface area contributed by atoms with Gasteiger partial charge in [0.05, 0.1) is 4.90 Å². The monoisotopic (exact) mass is 456 g/mol. The Hall–Kier alpha value is -2.62. The van der Waals surface area contributed by atoms with E-state index < -0.39 is 10.0 Å². The number of carbonyl (C=O) groups excluding carboxylic acids is 1. The smallest absolute Gasteiger partial charge is 0.240 e. The molecule has 3 aromatic rings. The second-order valence-corrected chi connectivity index (χ2v) is 10.3. The number of nitrogens with one attached hydrogen (secondary N) is 2. The minimum Gasteiger partial charge on any atom is -0.329 e. The van der Waals surface area contributed by atoms with Gasteiger partial charge in [-0.15, -0.1) is 0 Å². The van der Waals surface area contributed by atoms with Crippen LogP contribution in [-0.4, -0.2) is 29.9 Å². The molecule has 1 fully saturated rings. The summed E-state index contributed by atoms with van der Waals surface area (Å²) in [7, 11) is -1.50. The zero-order chi connectivity index (χ0) is 21.8. The SMILES string of the molecule is Cn1ccnc1Sc1ccc(NC(=O)CCc2ccc(S(=O)(=O)NC3CC3)cc2)cc1. The number of anilines is 1. The van der Waals surface area contributed by atoms with E-state index in [9.17, 15) is 13.2 Å². The van der Waals surface area contributed by atoms with Crippen molar-refractivity contribution < 1.29 is 13.2 Å². The average molecular weight is 457 g/mol. The molecule has 0 aliphatic heterocycles. The Morgan fingerprint density at radius 2 is 1.84 bits per heavy atom. The van der Waals surface area contributed by atoms with Crippen LogP contribution in [0.1, 0.15) is 24.8 Å². The van der Waals surface area contributed by atoms with E-state index in [-0.39, 0.29) is 16.8 Å². The number of sulfonamides is 1. The van der Waals surface area contributed by atoms with E-state index >= 15 is 0 Å². The molecule has 0 radical (unpaired) electrons. The number of imidazole rings is 1.